The number of aryl methyl sites for hydroxylation is 2. The quantitative estimate of drug-likeness (QED) is 0.847. The zero-order valence-corrected chi connectivity index (χ0v) is 12.4. The molecule has 0 atom stereocenters. The summed E-state index contributed by atoms with van der Waals surface area (Å²) in [6, 6.07) is 8.52. The van der Waals surface area contributed by atoms with Gasteiger partial charge in [0.05, 0.1) is 23.9 Å². The van der Waals surface area contributed by atoms with Crippen LogP contribution in [0, 0.1) is 25.2 Å². The molecule has 1 aromatic carbocycles. The summed E-state index contributed by atoms with van der Waals surface area (Å²) in [6.07, 6.45) is 3.26. The molecule has 0 spiro atoms. The van der Waals surface area contributed by atoms with E-state index in [-0.39, 0.29) is 0 Å². The highest BCUT2D eigenvalue weighted by Gasteiger charge is 2.21. The van der Waals surface area contributed by atoms with Crippen molar-refractivity contribution in [3.05, 3.63) is 52.5 Å². The van der Waals surface area contributed by atoms with E-state index in [2.05, 4.69) is 33.1 Å². The fourth-order valence-electron chi connectivity index (χ4n) is 2.94. The first kappa shape index (κ1) is 13.6. The molecule has 4 heteroatoms. The molecule has 1 aliphatic heterocycles. The van der Waals surface area contributed by atoms with Crippen LogP contribution >= 0.6 is 0 Å². The summed E-state index contributed by atoms with van der Waals surface area (Å²) in [5.41, 5.74) is 5.73. The number of nitrogens with zero attached hydrogens (tertiary/aromatic N) is 4. The summed E-state index contributed by atoms with van der Waals surface area (Å²) < 4.78 is 0. The largest absolute Gasteiger partial charge is 0.350 e. The Hall–Kier alpha value is -2.41. The molecule has 4 nitrogen and oxygen atoms in total. The van der Waals surface area contributed by atoms with Crippen molar-refractivity contribution in [2.24, 2.45) is 0 Å². The lowest BCUT2D eigenvalue weighted by Crippen LogP contribution is -2.32. The van der Waals surface area contributed by atoms with Crippen LogP contribution in [0.1, 0.15) is 28.1 Å². The van der Waals surface area contributed by atoms with Crippen molar-refractivity contribution in [2.75, 3.05) is 11.4 Å². The van der Waals surface area contributed by atoms with Crippen molar-refractivity contribution in [3.8, 4) is 6.07 Å². The van der Waals surface area contributed by atoms with E-state index in [1.54, 1.807) is 0 Å². The van der Waals surface area contributed by atoms with Gasteiger partial charge in [0.15, 0.2) is 5.82 Å². The first-order chi connectivity index (χ1) is 10.2. The highest BCUT2D eigenvalue weighted by molar-refractivity contribution is 5.49. The average molecular weight is 278 g/mol. The number of hydrogen-bond donors (Lipinski definition) is 0. The Morgan fingerprint density at radius 3 is 3.00 bits per heavy atom. The minimum atomic E-state index is 0.493. The number of aromatic nitrogens is 2. The average Bonchev–Trinajstić information content (AvgIpc) is 2.50. The Labute approximate surface area is 125 Å². The van der Waals surface area contributed by atoms with E-state index < -0.39 is 0 Å². The Kier molecular flexibility index (Phi) is 3.57. The minimum absolute atomic E-state index is 0.493. The molecule has 21 heavy (non-hydrogen) atoms. The lowest BCUT2D eigenvalue weighted by molar-refractivity contribution is 0.708. The van der Waals surface area contributed by atoms with Crippen LogP contribution in [0.25, 0.3) is 0 Å². The SMILES string of the molecule is Cc1cnc(C)c(N2CCc3c(CC#N)cccc3C2)n1. The second-order valence-electron chi connectivity index (χ2n) is 5.48. The molecule has 106 valence electrons. The normalized spacial score (nSPS) is 13.7. The molecule has 1 aromatic heterocycles. The molecule has 0 saturated carbocycles. The molecule has 0 saturated heterocycles. The van der Waals surface area contributed by atoms with Crippen molar-refractivity contribution >= 4 is 5.82 Å². The monoisotopic (exact) mass is 278 g/mol. The van der Waals surface area contributed by atoms with Gasteiger partial charge in [0.1, 0.15) is 0 Å². The van der Waals surface area contributed by atoms with Gasteiger partial charge in [0.2, 0.25) is 0 Å². The Bertz CT molecular complexity index is 715. The topological polar surface area (TPSA) is 52.8 Å². The zero-order valence-electron chi connectivity index (χ0n) is 12.4. The fraction of sp³-hybridized carbons (Fsp3) is 0.353. The van der Waals surface area contributed by atoms with E-state index in [4.69, 9.17) is 5.26 Å². The van der Waals surface area contributed by atoms with E-state index in [1.807, 2.05) is 26.1 Å². The molecule has 0 radical (unpaired) electrons. The maximum atomic E-state index is 8.94. The molecular weight excluding hydrogens is 260 g/mol. The Morgan fingerprint density at radius 1 is 1.33 bits per heavy atom. The van der Waals surface area contributed by atoms with E-state index in [9.17, 15) is 0 Å². The molecule has 0 unspecified atom stereocenters. The lowest BCUT2D eigenvalue weighted by atomic mass is 9.93. The van der Waals surface area contributed by atoms with Crippen LogP contribution in [0.2, 0.25) is 0 Å². The smallest absolute Gasteiger partial charge is 0.150 e. The number of benzene rings is 1. The Balaban J connectivity index is 1.93. The summed E-state index contributed by atoms with van der Waals surface area (Å²) >= 11 is 0. The molecule has 2 heterocycles. The number of hydrogen-bond acceptors (Lipinski definition) is 4. The van der Waals surface area contributed by atoms with E-state index in [0.717, 1.165) is 36.7 Å². The highest BCUT2D eigenvalue weighted by Crippen LogP contribution is 2.27. The first-order valence-electron chi connectivity index (χ1n) is 7.21. The summed E-state index contributed by atoms with van der Waals surface area (Å²) in [7, 11) is 0. The van der Waals surface area contributed by atoms with E-state index in [0.29, 0.717) is 6.42 Å². The summed E-state index contributed by atoms with van der Waals surface area (Å²) in [4.78, 5) is 11.3. The van der Waals surface area contributed by atoms with Crippen molar-refractivity contribution in [2.45, 2.75) is 33.2 Å². The molecule has 0 bridgehead atoms. The van der Waals surface area contributed by atoms with Gasteiger partial charge in [-0.15, -0.1) is 0 Å². The van der Waals surface area contributed by atoms with Gasteiger partial charge in [-0.05, 0) is 37.0 Å². The highest BCUT2D eigenvalue weighted by atomic mass is 15.2. The predicted octanol–water partition coefficient (Wildman–Crippen LogP) is 2.72. The predicted molar refractivity (Wildman–Crippen MR) is 82.0 cm³/mol. The van der Waals surface area contributed by atoms with Gasteiger partial charge in [0.25, 0.3) is 0 Å². The Morgan fingerprint density at radius 2 is 2.19 bits per heavy atom. The molecule has 3 rings (SSSR count). The third-order valence-corrected chi connectivity index (χ3v) is 3.98. The number of rotatable bonds is 2. The van der Waals surface area contributed by atoms with Gasteiger partial charge in [-0.2, -0.15) is 5.26 Å². The maximum Gasteiger partial charge on any atom is 0.150 e. The van der Waals surface area contributed by atoms with Crippen molar-refractivity contribution in [1.29, 1.82) is 5.26 Å². The van der Waals surface area contributed by atoms with Crippen LogP contribution in [0.4, 0.5) is 5.82 Å². The second kappa shape index (κ2) is 5.53. The molecule has 0 aliphatic carbocycles. The van der Waals surface area contributed by atoms with E-state index >= 15 is 0 Å². The van der Waals surface area contributed by atoms with Gasteiger partial charge < -0.3 is 4.90 Å². The maximum absolute atomic E-state index is 8.94. The van der Waals surface area contributed by atoms with Crippen molar-refractivity contribution < 1.29 is 0 Å². The first-order valence-corrected chi connectivity index (χ1v) is 7.21. The summed E-state index contributed by atoms with van der Waals surface area (Å²) in [6.45, 7) is 5.74. The zero-order chi connectivity index (χ0) is 14.8. The molecule has 0 N–H and O–H groups in total. The number of nitriles is 1. The molecular formula is C17H18N4. The van der Waals surface area contributed by atoms with Crippen LogP contribution in [0.15, 0.2) is 24.4 Å². The van der Waals surface area contributed by atoms with Crippen LogP contribution in [0.5, 0.6) is 0 Å². The van der Waals surface area contributed by atoms with Crippen LogP contribution < -0.4 is 4.90 Å². The van der Waals surface area contributed by atoms with Gasteiger partial charge in [-0.1, -0.05) is 18.2 Å². The third kappa shape index (κ3) is 2.59. The molecule has 0 fully saturated rings. The van der Waals surface area contributed by atoms with Crippen molar-refractivity contribution in [3.63, 3.8) is 0 Å². The summed E-state index contributed by atoms with van der Waals surface area (Å²) in [5, 5.41) is 8.94. The lowest BCUT2D eigenvalue weighted by Gasteiger charge is -2.31. The van der Waals surface area contributed by atoms with E-state index in [1.165, 1.54) is 16.7 Å². The van der Waals surface area contributed by atoms with Crippen molar-refractivity contribution in [1.82, 2.24) is 9.97 Å². The van der Waals surface area contributed by atoms with Gasteiger partial charge in [-0.25, -0.2) is 4.98 Å². The fourth-order valence-corrected chi connectivity index (χ4v) is 2.94. The van der Waals surface area contributed by atoms with Gasteiger partial charge in [0, 0.05) is 19.3 Å². The second-order valence-corrected chi connectivity index (χ2v) is 5.48. The molecule has 0 amide bonds. The van der Waals surface area contributed by atoms with Crippen LogP contribution in [0.3, 0.4) is 0 Å². The molecule has 1 aliphatic rings. The number of anilines is 1. The van der Waals surface area contributed by atoms with Crippen LogP contribution in [-0.2, 0) is 19.4 Å². The van der Waals surface area contributed by atoms with Gasteiger partial charge >= 0.3 is 0 Å². The molecule has 2 aromatic rings. The summed E-state index contributed by atoms with van der Waals surface area (Å²) in [5.74, 6) is 0.978. The third-order valence-electron chi connectivity index (χ3n) is 3.98. The number of fused-ring (bicyclic) bond motifs is 1. The van der Waals surface area contributed by atoms with Gasteiger partial charge in [-0.3, -0.25) is 4.98 Å². The standard InChI is InChI=1S/C17H18N4/c1-12-10-19-13(2)17(20-12)21-9-7-16-14(6-8-18)4-3-5-15(16)11-21/h3-5,10H,6-7,9,11H2,1-2H3. The van der Waals surface area contributed by atoms with Crippen LogP contribution in [-0.4, -0.2) is 16.5 Å². The minimum Gasteiger partial charge on any atom is -0.350 e.